The van der Waals surface area contributed by atoms with Crippen molar-refractivity contribution in [1.29, 1.82) is 0 Å². The summed E-state index contributed by atoms with van der Waals surface area (Å²) in [6.07, 6.45) is 7.25. The van der Waals surface area contributed by atoms with E-state index in [2.05, 4.69) is 42.4 Å². The van der Waals surface area contributed by atoms with E-state index in [1.165, 1.54) is 0 Å². The smallest absolute Gasteiger partial charge is 0.259 e. The van der Waals surface area contributed by atoms with E-state index in [-0.39, 0.29) is 12.5 Å². The lowest BCUT2D eigenvalue weighted by Crippen LogP contribution is -2.30. The SMILES string of the molecule is C#CCOc1c(I)cc(/C=C2\C(=O)N(CC(C)C)c3ccccc32)cc1OCC. The minimum atomic E-state index is 0.0283. The minimum Gasteiger partial charge on any atom is -0.490 e. The molecule has 1 aliphatic rings. The Morgan fingerprint density at radius 2 is 2.00 bits per heavy atom. The first kappa shape index (κ1) is 21.3. The molecule has 1 heterocycles. The summed E-state index contributed by atoms with van der Waals surface area (Å²) in [5.74, 6) is 4.14. The molecular formula is C24H24INO3. The fourth-order valence-electron chi connectivity index (χ4n) is 3.35. The predicted molar refractivity (Wildman–Crippen MR) is 126 cm³/mol. The van der Waals surface area contributed by atoms with E-state index in [1.807, 2.05) is 54.3 Å². The Morgan fingerprint density at radius 1 is 1.24 bits per heavy atom. The molecule has 4 nitrogen and oxygen atoms in total. The number of amides is 1. The maximum Gasteiger partial charge on any atom is 0.259 e. The summed E-state index contributed by atoms with van der Waals surface area (Å²) in [4.78, 5) is 15.0. The Morgan fingerprint density at radius 3 is 2.69 bits per heavy atom. The molecule has 0 N–H and O–H groups in total. The number of benzene rings is 2. The summed E-state index contributed by atoms with van der Waals surface area (Å²) >= 11 is 2.20. The zero-order valence-electron chi connectivity index (χ0n) is 16.9. The number of ether oxygens (including phenoxy) is 2. The Kier molecular flexibility index (Phi) is 6.86. The third kappa shape index (κ3) is 4.59. The molecule has 0 saturated carbocycles. The zero-order valence-corrected chi connectivity index (χ0v) is 19.0. The number of carbonyl (C=O) groups excluding carboxylic acids is 1. The number of hydrogen-bond acceptors (Lipinski definition) is 3. The summed E-state index contributed by atoms with van der Waals surface area (Å²) in [6.45, 7) is 7.52. The van der Waals surface area contributed by atoms with E-state index < -0.39 is 0 Å². The topological polar surface area (TPSA) is 38.8 Å². The number of halogens is 1. The lowest BCUT2D eigenvalue weighted by molar-refractivity contribution is -0.113. The van der Waals surface area contributed by atoms with Gasteiger partial charge in [-0.2, -0.15) is 0 Å². The Labute approximate surface area is 186 Å². The van der Waals surface area contributed by atoms with Crippen LogP contribution in [0.5, 0.6) is 11.5 Å². The van der Waals surface area contributed by atoms with E-state index >= 15 is 0 Å². The largest absolute Gasteiger partial charge is 0.490 e. The number of fused-ring (bicyclic) bond motifs is 1. The molecule has 0 fully saturated rings. The lowest BCUT2D eigenvalue weighted by atomic mass is 10.0. The van der Waals surface area contributed by atoms with Crippen LogP contribution in [0.2, 0.25) is 0 Å². The third-order valence-electron chi connectivity index (χ3n) is 4.45. The number of hydrogen-bond donors (Lipinski definition) is 0. The van der Waals surface area contributed by atoms with Gasteiger partial charge in [-0.1, -0.05) is 38.0 Å². The molecule has 0 unspecified atom stereocenters. The molecule has 0 atom stereocenters. The summed E-state index contributed by atoms with van der Waals surface area (Å²) < 4.78 is 12.3. The molecule has 5 heteroatoms. The van der Waals surface area contributed by atoms with Crippen molar-refractivity contribution < 1.29 is 14.3 Å². The van der Waals surface area contributed by atoms with Gasteiger partial charge in [0, 0.05) is 17.7 Å². The Hall–Kier alpha value is -2.46. The van der Waals surface area contributed by atoms with Gasteiger partial charge in [0.15, 0.2) is 11.5 Å². The first-order valence-electron chi connectivity index (χ1n) is 9.61. The van der Waals surface area contributed by atoms with Gasteiger partial charge in [0.1, 0.15) is 6.61 Å². The van der Waals surface area contributed by atoms with Gasteiger partial charge in [-0.15, -0.1) is 6.42 Å². The van der Waals surface area contributed by atoms with Gasteiger partial charge in [-0.25, -0.2) is 0 Å². The van der Waals surface area contributed by atoms with Gasteiger partial charge in [-0.3, -0.25) is 4.79 Å². The number of rotatable bonds is 7. The van der Waals surface area contributed by atoms with Gasteiger partial charge in [-0.05, 0) is 65.3 Å². The second kappa shape index (κ2) is 9.36. The molecule has 0 saturated heterocycles. The van der Waals surface area contributed by atoms with Crippen LogP contribution in [0.4, 0.5) is 5.69 Å². The fourth-order valence-corrected chi connectivity index (χ4v) is 4.13. The highest BCUT2D eigenvalue weighted by atomic mass is 127. The predicted octanol–water partition coefficient (Wildman–Crippen LogP) is 5.25. The van der Waals surface area contributed by atoms with Gasteiger partial charge in [0.25, 0.3) is 5.91 Å². The molecule has 2 aromatic carbocycles. The number of terminal acetylenes is 1. The second-order valence-electron chi connectivity index (χ2n) is 7.14. The molecule has 0 radical (unpaired) electrons. The average Bonchev–Trinajstić information content (AvgIpc) is 2.93. The highest BCUT2D eigenvalue weighted by Crippen LogP contribution is 2.40. The van der Waals surface area contributed by atoms with Gasteiger partial charge in [0.2, 0.25) is 0 Å². The van der Waals surface area contributed by atoms with Crippen LogP contribution in [0.25, 0.3) is 11.6 Å². The maximum atomic E-state index is 13.2. The summed E-state index contributed by atoms with van der Waals surface area (Å²) in [6, 6.07) is 11.8. The monoisotopic (exact) mass is 501 g/mol. The summed E-state index contributed by atoms with van der Waals surface area (Å²) in [5, 5.41) is 0. The van der Waals surface area contributed by atoms with Gasteiger partial charge >= 0.3 is 0 Å². The van der Waals surface area contributed by atoms with E-state index in [1.54, 1.807) is 0 Å². The average molecular weight is 501 g/mol. The number of para-hydroxylation sites is 1. The molecule has 3 rings (SSSR count). The molecule has 0 spiro atoms. The minimum absolute atomic E-state index is 0.0283. The van der Waals surface area contributed by atoms with Crippen molar-refractivity contribution in [3.63, 3.8) is 0 Å². The van der Waals surface area contributed by atoms with Crippen LogP contribution >= 0.6 is 22.6 Å². The first-order chi connectivity index (χ1) is 14.0. The Balaban J connectivity index is 2.05. The molecule has 1 aliphatic heterocycles. The van der Waals surface area contributed by atoms with Crippen LogP contribution in [0.3, 0.4) is 0 Å². The molecule has 1 amide bonds. The van der Waals surface area contributed by atoms with Crippen molar-refractivity contribution in [2.75, 3.05) is 24.7 Å². The number of anilines is 1. The van der Waals surface area contributed by atoms with Crippen molar-refractivity contribution in [2.45, 2.75) is 20.8 Å². The normalized spacial score (nSPS) is 14.3. The number of carbonyl (C=O) groups is 1. The van der Waals surface area contributed by atoms with E-state index in [0.29, 0.717) is 36.1 Å². The third-order valence-corrected chi connectivity index (χ3v) is 5.25. The van der Waals surface area contributed by atoms with E-state index in [0.717, 1.165) is 20.4 Å². The van der Waals surface area contributed by atoms with Crippen molar-refractivity contribution in [2.24, 2.45) is 5.92 Å². The van der Waals surface area contributed by atoms with Crippen LogP contribution in [-0.2, 0) is 4.79 Å². The number of nitrogens with zero attached hydrogens (tertiary/aromatic N) is 1. The van der Waals surface area contributed by atoms with Crippen LogP contribution in [0, 0.1) is 21.8 Å². The first-order valence-corrected chi connectivity index (χ1v) is 10.7. The van der Waals surface area contributed by atoms with Crippen LogP contribution < -0.4 is 14.4 Å². The molecule has 29 heavy (non-hydrogen) atoms. The van der Waals surface area contributed by atoms with Crippen molar-refractivity contribution in [1.82, 2.24) is 0 Å². The molecular weight excluding hydrogens is 477 g/mol. The van der Waals surface area contributed by atoms with E-state index in [4.69, 9.17) is 15.9 Å². The van der Waals surface area contributed by atoms with Crippen LogP contribution in [0.15, 0.2) is 36.4 Å². The molecule has 0 aliphatic carbocycles. The highest BCUT2D eigenvalue weighted by molar-refractivity contribution is 14.1. The fraction of sp³-hybridized carbons (Fsp3) is 0.292. The maximum absolute atomic E-state index is 13.2. The molecule has 0 aromatic heterocycles. The molecule has 0 bridgehead atoms. The van der Waals surface area contributed by atoms with Gasteiger partial charge in [0.05, 0.1) is 15.9 Å². The summed E-state index contributed by atoms with van der Waals surface area (Å²) in [7, 11) is 0. The Bertz CT molecular complexity index is 988. The van der Waals surface area contributed by atoms with Crippen LogP contribution in [0.1, 0.15) is 31.9 Å². The van der Waals surface area contributed by atoms with E-state index in [9.17, 15) is 4.79 Å². The quantitative estimate of drug-likeness (QED) is 0.296. The van der Waals surface area contributed by atoms with Crippen molar-refractivity contribution in [3.05, 3.63) is 51.1 Å². The lowest BCUT2D eigenvalue weighted by Gasteiger charge is -2.19. The van der Waals surface area contributed by atoms with Crippen molar-refractivity contribution in [3.8, 4) is 23.8 Å². The van der Waals surface area contributed by atoms with Crippen LogP contribution in [-0.4, -0.2) is 25.7 Å². The second-order valence-corrected chi connectivity index (χ2v) is 8.30. The van der Waals surface area contributed by atoms with Gasteiger partial charge < -0.3 is 14.4 Å². The zero-order chi connectivity index (χ0) is 21.0. The molecule has 150 valence electrons. The van der Waals surface area contributed by atoms with Crippen molar-refractivity contribution >= 4 is 45.8 Å². The standard InChI is InChI=1S/C24H24INO3/c1-5-11-29-23-20(25)13-17(14-22(23)28-6-2)12-19-18-9-7-8-10-21(18)26(24(19)27)15-16(3)4/h1,7-10,12-14,16H,6,11,15H2,2-4H3/b19-12-. The molecule has 2 aromatic rings. The highest BCUT2D eigenvalue weighted by Gasteiger charge is 2.32. The summed E-state index contributed by atoms with van der Waals surface area (Å²) in [5.41, 5.74) is 3.50.